The van der Waals surface area contributed by atoms with Gasteiger partial charge in [0.1, 0.15) is 5.82 Å². The third kappa shape index (κ3) is 4.98. The standard InChI is InChI=1S/C21H29N5O2/c22-20-18-7-9-26(15-17-5-2-1-3-6-17)16-19(18)23-21(24-20)28-12-4-8-25-10-13-27-14-11-25/h1-3,5-6H,4,7-16H2,(H2,22,23,24). The zero-order valence-electron chi connectivity index (χ0n) is 16.3. The zero-order valence-corrected chi connectivity index (χ0v) is 16.3. The number of nitrogen functional groups attached to an aromatic ring is 1. The van der Waals surface area contributed by atoms with Gasteiger partial charge in [0.15, 0.2) is 0 Å². The fourth-order valence-corrected chi connectivity index (χ4v) is 3.81. The molecule has 150 valence electrons. The molecule has 7 heteroatoms. The van der Waals surface area contributed by atoms with Gasteiger partial charge in [-0.05, 0) is 18.4 Å². The van der Waals surface area contributed by atoms with Crippen LogP contribution in [0.1, 0.15) is 23.2 Å². The lowest BCUT2D eigenvalue weighted by atomic mass is 10.0. The maximum atomic E-state index is 6.19. The van der Waals surface area contributed by atoms with Crippen molar-refractivity contribution in [2.24, 2.45) is 0 Å². The Morgan fingerprint density at radius 3 is 2.68 bits per heavy atom. The molecule has 0 aliphatic carbocycles. The molecule has 0 radical (unpaired) electrons. The van der Waals surface area contributed by atoms with Crippen LogP contribution in [0, 0.1) is 0 Å². The molecule has 1 saturated heterocycles. The topological polar surface area (TPSA) is 76.7 Å². The first kappa shape index (κ1) is 19.1. The summed E-state index contributed by atoms with van der Waals surface area (Å²) in [4.78, 5) is 13.8. The third-order valence-electron chi connectivity index (χ3n) is 5.36. The van der Waals surface area contributed by atoms with E-state index in [4.69, 9.17) is 15.2 Å². The summed E-state index contributed by atoms with van der Waals surface area (Å²) in [5.41, 5.74) is 9.57. The summed E-state index contributed by atoms with van der Waals surface area (Å²) < 4.78 is 11.2. The maximum absolute atomic E-state index is 6.19. The molecule has 0 bridgehead atoms. The highest BCUT2D eigenvalue weighted by Gasteiger charge is 2.22. The molecule has 1 aromatic heterocycles. The van der Waals surface area contributed by atoms with Gasteiger partial charge in [-0.1, -0.05) is 30.3 Å². The summed E-state index contributed by atoms with van der Waals surface area (Å²) in [6, 6.07) is 10.9. The van der Waals surface area contributed by atoms with E-state index in [2.05, 4.69) is 44.0 Å². The molecular formula is C21H29N5O2. The van der Waals surface area contributed by atoms with Gasteiger partial charge in [0.05, 0.1) is 25.5 Å². The van der Waals surface area contributed by atoms with E-state index >= 15 is 0 Å². The first-order valence-electron chi connectivity index (χ1n) is 10.1. The summed E-state index contributed by atoms with van der Waals surface area (Å²) in [5, 5.41) is 0. The lowest BCUT2D eigenvalue weighted by Crippen LogP contribution is -2.37. The maximum Gasteiger partial charge on any atom is 0.318 e. The number of ether oxygens (including phenoxy) is 2. The highest BCUT2D eigenvalue weighted by atomic mass is 16.5. The van der Waals surface area contributed by atoms with Crippen LogP contribution in [0.4, 0.5) is 5.82 Å². The van der Waals surface area contributed by atoms with Crippen LogP contribution < -0.4 is 10.5 Å². The van der Waals surface area contributed by atoms with E-state index in [1.165, 1.54) is 5.56 Å². The molecule has 7 nitrogen and oxygen atoms in total. The number of benzene rings is 1. The summed E-state index contributed by atoms with van der Waals surface area (Å²) in [7, 11) is 0. The number of fused-ring (bicyclic) bond motifs is 1. The first-order chi connectivity index (χ1) is 13.8. The molecular weight excluding hydrogens is 354 g/mol. The third-order valence-corrected chi connectivity index (χ3v) is 5.36. The fraction of sp³-hybridized carbons (Fsp3) is 0.524. The minimum absolute atomic E-state index is 0.403. The lowest BCUT2D eigenvalue weighted by Gasteiger charge is -2.28. The predicted molar refractivity (Wildman–Crippen MR) is 108 cm³/mol. The molecule has 0 saturated carbocycles. The Morgan fingerprint density at radius 2 is 1.86 bits per heavy atom. The van der Waals surface area contributed by atoms with Crippen LogP contribution in [0.5, 0.6) is 6.01 Å². The molecule has 2 N–H and O–H groups in total. The average molecular weight is 383 g/mol. The molecule has 0 amide bonds. The first-order valence-corrected chi connectivity index (χ1v) is 10.1. The Labute approximate surface area is 166 Å². The van der Waals surface area contributed by atoms with Gasteiger partial charge in [0.2, 0.25) is 0 Å². The molecule has 2 aromatic rings. The van der Waals surface area contributed by atoms with Gasteiger partial charge in [-0.25, -0.2) is 0 Å². The van der Waals surface area contributed by atoms with E-state index in [1.54, 1.807) is 0 Å². The second-order valence-corrected chi connectivity index (χ2v) is 7.42. The van der Waals surface area contributed by atoms with Crippen LogP contribution in [0.3, 0.4) is 0 Å². The van der Waals surface area contributed by atoms with Crippen LogP contribution in [-0.4, -0.2) is 65.8 Å². The van der Waals surface area contributed by atoms with Gasteiger partial charge in [0, 0.05) is 44.8 Å². The van der Waals surface area contributed by atoms with E-state index in [9.17, 15) is 0 Å². The molecule has 2 aliphatic heterocycles. The van der Waals surface area contributed by atoms with Crippen molar-refractivity contribution >= 4 is 5.82 Å². The number of aromatic nitrogens is 2. The number of rotatable bonds is 7. The minimum atomic E-state index is 0.403. The van der Waals surface area contributed by atoms with Crippen molar-refractivity contribution in [3.8, 4) is 6.01 Å². The number of anilines is 1. The van der Waals surface area contributed by atoms with Gasteiger partial charge in [-0.15, -0.1) is 0 Å². The monoisotopic (exact) mass is 383 g/mol. The molecule has 2 aliphatic rings. The molecule has 0 unspecified atom stereocenters. The van der Waals surface area contributed by atoms with Gasteiger partial charge in [-0.2, -0.15) is 9.97 Å². The number of nitrogens with zero attached hydrogens (tertiary/aromatic N) is 4. The van der Waals surface area contributed by atoms with E-state index < -0.39 is 0 Å². The Kier molecular flexibility index (Phi) is 6.36. The number of hydrogen-bond acceptors (Lipinski definition) is 7. The van der Waals surface area contributed by atoms with Crippen molar-refractivity contribution in [3.63, 3.8) is 0 Å². The van der Waals surface area contributed by atoms with E-state index in [1.807, 2.05) is 6.07 Å². The molecule has 3 heterocycles. The Hall–Kier alpha value is -2.22. The molecule has 1 fully saturated rings. The second-order valence-electron chi connectivity index (χ2n) is 7.42. The summed E-state index contributed by atoms with van der Waals surface area (Å²) >= 11 is 0. The number of morpholine rings is 1. The van der Waals surface area contributed by atoms with Gasteiger partial charge in [0.25, 0.3) is 0 Å². The van der Waals surface area contributed by atoms with Crippen molar-refractivity contribution in [2.45, 2.75) is 25.9 Å². The molecule has 4 rings (SSSR count). The highest BCUT2D eigenvalue weighted by molar-refractivity contribution is 5.44. The van der Waals surface area contributed by atoms with Crippen LogP contribution in [0.25, 0.3) is 0 Å². The quantitative estimate of drug-likeness (QED) is 0.730. The molecule has 28 heavy (non-hydrogen) atoms. The van der Waals surface area contributed by atoms with Gasteiger partial charge in [-0.3, -0.25) is 9.80 Å². The summed E-state index contributed by atoms with van der Waals surface area (Å²) in [5.74, 6) is 0.563. The second kappa shape index (κ2) is 9.32. The lowest BCUT2D eigenvalue weighted by molar-refractivity contribution is 0.0356. The van der Waals surface area contributed by atoms with Crippen molar-refractivity contribution < 1.29 is 9.47 Å². The highest BCUT2D eigenvalue weighted by Crippen LogP contribution is 2.24. The van der Waals surface area contributed by atoms with Crippen LogP contribution in [0.2, 0.25) is 0 Å². The van der Waals surface area contributed by atoms with E-state index in [0.717, 1.165) is 76.6 Å². The van der Waals surface area contributed by atoms with Crippen molar-refractivity contribution in [1.29, 1.82) is 0 Å². The summed E-state index contributed by atoms with van der Waals surface area (Å²) in [6.07, 6.45) is 1.83. The largest absolute Gasteiger partial charge is 0.463 e. The van der Waals surface area contributed by atoms with Crippen molar-refractivity contribution in [2.75, 3.05) is 51.7 Å². The average Bonchev–Trinajstić information content (AvgIpc) is 2.73. The van der Waals surface area contributed by atoms with E-state index in [0.29, 0.717) is 18.4 Å². The fourth-order valence-electron chi connectivity index (χ4n) is 3.81. The number of nitrogens with two attached hydrogens (primary N) is 1. The van der Waals surface area contributed by atoms with Crippen LogP contribution in [0.15, 0.2) is 30.3 Å². The molecule has 1 aromatic carbocycles. The summed E-state index contributed by atoms with van der Waals surface area (Å²) in [6.45, 7) is 7.92. The molecule has 0 atom stereocenters. The van der Waals surface area contributed by atoms with Gasteiger partial charge < -0.3 is 15.2 Å². The zero-order chi connectivity index (χ0) is 19.2. The Bertz CT molecular complexity index is 765. The van der Waals surface area contributed by atoms with Crippen LogP contribution in [-0.2, 0) is 24.2 Å². The Balaban J connectivity index is 1.32. The smallest absolute Gasteiger partial charge is 0.318 e. The van der Waals surface area contributed by atoms with Gasteiger partial charge >= 0.3 is 6.01 Å². The minimum Gasteiger partial charge on any atom is -0.463 e. The van der Waals surface area contributed by atoms with E-state index in [-0.39, 0.29) is 0 Å². The Morgan fingerprint density at radius 1 is 1.04 bits per heavy atom. The SMILES string of the molecule is Nc1nc(OCCCN2CCOCC2)nc2c1CCN(Cc1ccccc1)C2. The molecule has 0 spiro atoms. The predicted octanol–water partition coefficient (Wildman–Crippen LogP) is 1.72. The normalized spacial score (nSPS) is 18.0. The number of hydrogen-bond donors (Lipinski definition) is 1. The van der Waals surface area contributed by atoms with Crippen molar-refractivity contribution in [3.05, 3.63) is 47.2 Å². The van der Waals surface area contributed by atoms with Crippen LogP contribution >= 0.6 is 0 Å². The van der Waals surface area contributed by atoms with Crippen molar-refractivity contribution in [1.82, 2.24) is 19.8 Å².